The molecule has 1 radical (unpaired) electrons. The normalized spacial score (nSPS) is 15.1. The summed E-state index contributed by atoms with van der Waals surface area (Å²) in [5.74, 6) is 2.53. The molecule has 1 heterocycles. The minimum atomic E-state index is -4.94. The number of hydrogen-bond donors (Lipinski definition) is 3. The van der Waals surface area contributed by atoms with Crippen molar-refractivity contribution < 1.29 is 88.7 Å². The summed E-state index contributed by atoms with van der Waals surface area (Å²) in [7, 11) is -9.89. The molecule has 5 rings (SSSR count). The molecule has 0 saturated carbocycles. The van der Waals surface area contributed by atoms with Crippen LogP contribution in [0, 0.1) is 20.5 Å². The van der Waals surface area contributed by atoms with Crippen LogP contribution < -0.4 is 67.4 Å². The monoisotopic (exact) mass is 754 g/mol. The molecule has 48 heavy (non-hydrogen) atoms. The van der Waals surface area contributed by atoms with Crippen molar-refractivity contribution in [3.05, 3.63) is 102 Å². The van der Waals surface area contributed by atoms with Crippen LogP contribution in [0.25, 0.3) is 10.8 Å². The van der Waals surface area contributed by atoms with Crippen molar-refractivity contribution in [2.45, 2.75) is 19.2 Å². The Morgan fingerprint density at radius 3 is 1.46 bits per heavy atom. The van der Waals surface area contributed by atoms with Gasteiger partial charge in [-0.2, -0.15) is 0 Å². The van der Waals surface area contributed by atoms with Gasteiger partial charge >= 0.3 is 16.8 Å². The summed E-state index contributed by atoms with van der Waals surface area (Å²) in [5.41, 5.74) is 2.25. The molecule has 0 saturated heterocycles. The second-order valence-electron chi connectivity index (χ2n) is 9.95. The van der Waals surface area contributed by atoms with Gasteiger partial charge in [-0.3, -0.25) is 0 Å². The molecule has 1 aliphatic heterocycles. The maximum absolute atomic E-state index is 8.49. The summed E-state index contributed by atoms with van der Waals surface area (Å²) in [6.45, 7) is 5.82. The van der Waals surface area contributed by atoms with Crippen LogP contribution >= 0.6 is 0 Å². The van der Waals surface area contributed by atoms with E-state index in [1.54, 1.807) is 0 Å². The van der Waals surface area contributed by atoms with Gasteiger partial charge in [0.2, 0.25) is 0 Å². The average molecular weight is 755 g/mol. The van der Waals surface area contributed by atoms with Gasteiger partial charge in [-0.1, -0.05) is 66.7 Å². The predicted molar refractivity (Wildman–Crippen MR) is 149 cm³/mol. The first-order chi connectivity index (χ1) is 22.3. The molecule has 3 N–H and O–H groups in total. The molecular weight excluding hydrogens is 720 g/mol. The van der Waals surface area contributed by atoms with E-state index in [2.05, 4.69) is 52.3 Å². The van der Waals surface area contributed by atoms with E-state index in [1.165, 1.54) is 5.39 Å². The molecule has 4 aromatic carbocycles. The smallest absolute Gasteiger partial charge is 0.489 e. The molecule has 17 heteroatoms. The van der Waals surface area contributed by atoms with Crippen molar-refractivity contribution in [3.63, 3.8) is 0 Å². The van der Waals surface area contributed by atoms with Gasteiger partial charge < -0.3 is 30.2 Å². The van der Waals surface area contributed by atoms with Crippen molar-refractivity contribution in [2.24, 2.45) is 0 Å². The van der Waals surface area contributed by atoms with Crippen LogP contribution in [0.5, 0.6) is 17.2 Å². The molecular formula is C31H35Cl2CoN3O11. The summed E-state index contributed by atoms with van der Waals surface area (Å²) >= 11 is 0. The zero-order chi connectivity index (χ0) is 34.1. The molecule has 1 aliphatic rings. The quantitative estimate of drug-likeness (QED) is 0.174. The SMILES string of the molecule is [Co+2].[O-][Cl+3]([O-])([O-])[O-].[O-][Cl+3]([O-])([O-])[O-].c1ccc2c(c1)CNCCNCCNCc1ccccc1OCC(Oc1ccc3ccccc3c1)CO2. The van der Waals surface area contributed by atoms with Crippen LogP contribution in [-0.4, -0.2) is 45.5 Å². The Labute approximate surface area is 292 Å². The summed E-state index contributed by atoms with van der Waals surface area (Å²) in [4.78, 5) is 0. The molecule has 0 fully saturated rings. The molecule has 0 aromatic heterocycles. The fourth-order valence-corrected chi connectivity index (χ4v) is 4.42. The van der Waals surface area contributed by atoms with E-state index in [4.69, 9.17) is 51.5 Å². The Hall–Kier alpha value is -2.81. The van der Waals surface area contributed by atoms with E-state index in [0.717, 1.165) is 73.0 Å². The number of hydrogen-bond acceptors (Lipinski definition) is 14. The van der Waals surface area contributed by atoms with Gasteiger partial charge in [-0.25, -0.2) is 37.3 Å². The van der Waals surface area contributed by atoms with Crippen LogP contribution in [0.3, 0.4) is 0 Å². The second-order valence-corrected chi connectivity index (χ2v) is 11.5. The third-order valence-corrected chi connectivity index (χ3v) is 6.41. The van der Waals surface area contributed by atoms with Crippen LogP contribution in [0.2, 0.25) is 0 Å². The zero-order valence-corrected chi connectivity index (χ0v) is 28.0. The summed E-state index contributed by atoms with van der Waals surface area (Å²) < 4.78 is 87.0. The standard InChI is InChI=1S/C31H35N3O3.2ClHO4.Co/c1-2-8-25-19-28(14-13-24(25)7-1)37-29-22-35-30-11-5-3-9-26(30)20-33-17-15-32-16-18-34-21-27-10-4-6-12-31(27)36-23-29;2*2-1(3,4)5;/h1-14,19,29,32-34H,15-18,20-23H2;2*(H,2,3,4,5);/q;;;+2/p-2. The first-order valence-electron chi connectivity index (χ1n) is 14.3. The molecule has 14 nitrogen and oxygen atoms in total. The Balaban J connectivity index is 0.000000639. The molecule has 0 amide bonds. The van der Waals surface area contributed by atoms with Gasteiger partial charge in [0.05, 0.1) is 0 Å². The average Bonchev–Trinajstić information content (AvgIpc) is 3.00. The Kier molecular flexibility index (Phi) is 18.4. The molecule has 263 valence electrons. The van der Waals surface area contributed by atoms with Crippen LogP contribution in [-0.2, 0) is 29.9 Å². The summed E-state index contributed by atoms with van der Waals surface area (Å²) in [5, 5.41) is 12.8. The van der Waals surface area contributed by atoms with Crippen molar-refractivity contribution >= 4 is 10.8 Å². The number of benzene rings is 4. The Bertz CT molecular complexity index is 1410. The first kappa shape index (κ1) is 41.4. The van der Waals surface area contributed by atoms with E-state index in [-0.39, 0.29) is 22.9 Å². The fourth-order valence-electron chi connectivity index (χ4n) is 4.42. The number of fused-ring (bicyclic) bond motifs is 3. The number of halogens is 2. The van der Waals surface area contributed by atoms with Crippen molar-refractivity contribution in [1.29, 1.82) is 0 Å². The number of rotatable bonds is 2. The van der Waals surface area contributed by atoms with Crippen LogP contribution in [0.1, 0.15) is 11.1 Å². The predicted octanol–water partition coefficient (Wildman–Crippen LogP) is -4.99. The van der Waals surface area contributed by atoms with E-state index in [1.807, 2.05) is 54.6 Å². The fraction of sp³-hybridized carbons (Fsp3) is 0.290. The van der Waals surface area contributed by atoms with Crippen LogP contribution in [0.15, 0.2) is 91.0 Å². The molecule has 0 unspecified atom stereocenters. The topological polar surface area (TPSA) is 248 Å². The Morgan fingerprint density at radius 1 is 0.542 bits per heavy atom. The minimum Gasteiger partial charge on any atom is -0.489 e. The van der Waals surface area contributed by atoms with E-state index < -0.39 is 20.5 Å². The molecule has 0 aliphatic carbocycles. The zero-order valence-electron chi connectivity index (χ0n) is 25.5. The van der Waals surface area contributed by atoms with Gasteiger partial charge in [0, 0.05) is 50.4 Å². The third kappa shape index (κ3) is 18.1. The second kappa shape index (κ2) is 21.3. The van der Waals surface area contributed by atoms with Gasteiger partial charge in [0.1, 0.15) is 30.5 Å². The van der Waals surface area contributed by atoms with Crippen molar-refractivity contribution in [2.75, 3.05) is 39.4 Å². The van der Waals surface area contributed by atoms with Gasteiger partial charge in [0.25, 0.3) is 0 Å². The van der Waals surface area contributed by atoms with E-state index in [0.29, 0.717) is 13.2 Å². The number of para-hydroxylation sites is 2. The van der Waals surface area contributed by atoms with Gasteiger partial charge in [-0.15, -0.1) is 20.5 Å². The van der Waals surface area contributed by atoms with E-state index >= 15 is 0 Å². The molecule has 4 aromatic rings. The molecule has 0 spiro atoms. The van der Waals surface area contributed by atoms with Gasteiger partial charge in [-0.05, 0) is 35.0 Å². The molecule has 0 atom stereocenters. The molecule has 0 bridgehead atoms. The van der Waals surface area contributed by atoms with E-state index in [9.17, 15) is 0 Å². The minimum absolute atomic E-state index is 0. The first-order valence-corrected chi connectivity index (χ1v) is 16.7. The third-order valence-electron chi connectivity index (χ3n) is 6.41. The number of nitrogens with one attached hydrogen (secondary N) is 3. The van der Waals surface area contributed by atoms with Crippen molar-refractivity contribution in [3.8, 4) is 17.2 Å². The largest absolute Gasteiger partial charge is 2.00 e. The van der Waals surface area contributed by atoms with Crippen LogP contribution in [0.4, 0.5) is 0 Å². The Morgan fingerprint density at radius 2 is 0.958 bits per heavy atom. The van der Waals surface area contributed by atoms with Gasteiger partial charge in [0.15, 0.2) is 6.10 Å². The summed E-state index contributed by atoms with van der Waals surface area (Å²) in [6.07, 6.45) is -0.300. The maximum Gasteiger partial charge on any atom is 2.00 e. The van der Waals surface area contributed by atoms with Crippen molar-refractivity contribution in [1.82, 2.24) is 16.0 Å². The summed E-state index contributed by atoms with van der Waals surface area (Å²) in [6, 6.07) is 30.8. The number of ether oxygens (including phenoxy) is 3. The maximum atomic E-state index is 8.49.